The Bertz CT molecular complexity index is 2190. The molecular weight excluding hydrogens is 750 g/mol. The van der Waals surface area contributed by atoms with Crippen molar-refractivity contribution in [3.05, 3.63) is 152 Å². The molecule has 3 amide bonds. The molecule has 0 bridgehead atoms. The number of carbonyl (C=O) groups is 4. The number of anilines is 2. The molecular formula is C41H35Cl2N3O5S2. The fourth-order valence-electron chi connectivity index (χ4n) is 5.93. The highest BCUT2D eigenvalue weighted by molar-refractivity contribution is 8.00. The van der Waals surface area contributed by atoms with Crippen LogP contribution in [0.5, 0.6) is 0 Å². The number of rotatable bonds is 11. The predicted octanol–water partition coefficient (Wildman–Crippen LogP) is 9.85. The molecule has 0 aliphatic heterocycles. The number of nitrogens with one attached hydrogen (secondary N) is 3. The van der Waals surface area contributed by atoms with Crippen molar-refractivity contribution in [2.75, 3.05) is 17.7 Å². The van der Waals surface area contributed by atoms with Crippen molar-refractivity contribution < 1.29 is 23.9 Å². The van der Waals surface area contributed by atoms with Crippen LogP contribution in [0.4, 0.5) is 10.7 Å². The number of fused-ring (bicyclic) bond motifs is 1. The molecule has 0 fully saturated rings. The monoisotopic (exact) mass is 783 g/mol. The first kappa shape index (κ1) is 37.9. The number of thioether (sulfide) groups is 1. The minimum atomic E-state index is -0.710. The Morgan fingerprint density at radius 1 is 0.906 bits per heavy atom. The molecule has 3 N–H and O–H groups in total. The number of carbonyl (C=O) groups excluding carboxylic acids is 4. The number of hydrogen-bond donors (Lipinski definition) is 3. The lowest BCUT2D eigenvalue weighted by Crippen LogP contribution is -2.30. The fraction of sp³-hybridized carbons (Fsp3) is 0.171. The summed E-state index contributed by atoms with van der Waals surface area (Å²) in [5, 5.41) is 9.16. The summed E-state index contributed by atoms with van der Waals surface area (Å²) in [6.45, 7) is 2.18. The summed E-state index contributed by atoms with van der Waals surface area (Å²) >= 11 is 15.2. The summed E-state index contributed by atoms with van der Waals surface area (Å²) in [6, 6.07) is 29.8. The van der Waals surface area contributed by atoms with Gasteiger partial charge in [0.05, 0.1) is 12.7 Å². The van der Waals surface area contributed by atoms with Gasteiger partial charge in [-0.1, -0.05) is 90.8 Å². The molecule has 1 aliphatic rings. The standard InChI is InChI=1S/C41H35Cl2N3O5S2/c1-24-16-19-31-34(20-24)53-40(35(31)41(50)51-2)46-39(49)36(25-10-5-3-6-11-25)52-30-15-9-14-29(23-30)44-38(48)33(21-27-17-18-28(42)22-32(27)43)45-37(47)26-12-7-4-8-13-26/h3-15,17-18,21-24,36H,16,19-20H2,1-2H3,(H,44,48)(H,45,47)(H,46,49)/b33-21+. The highest BCUT2D eigenvalue weighted by Gasteiger charge is 2.31. The summed E-state index contributed by atoms with van der Waals surface area (Å²) in [5.74, 6) is -1.36. The van der Waals surface area contributed by atoms with Crippen LogP contribution in [0.1, 0.15) is 60.9 Å². The van der Waals surface area contributed by atoms with Gasteiger partial charge < -0.3 is 20.7 Å². The van der Waals surface area contributed by atoms with Gasteiger partial charge in [0.1, 0.15) is 15.9 Å². The molecule has 0 radical (unpaired) electrons. The van der Waals surface area contributed by atoms with Crippen LogP contribution in [0.3, 0.4) is 0 Å². The Balaban J connectivity index is 1.26. The van der Waals surface area contributed by atoms with Gasteiger partial charge >= 0.3 is 5.97 Å². The van der Waals surface area contributed by atoms with E-state index in [1.54, 1.807) is 66.7 Å². The van der Waals surface area contributed by atoms with E-state index in [-0.39, 0.29) is 11.6 Å². The van der Waals surface area contributed by atoms with Crippen molar-refractivity contribution >= 4 is 86.8 Å². The number of halogens is 2. The number of amides is 3. The smallest absolute Gasteiger partial charge is 0.341 e. The molecule has 4 aromatic carbocycles. The van der Waals surface area contributed by atoms with Crippen LogP contribution in [0.25, 0.3) is 6.08 Å². The van der Waals surface area contributed by atoms with E-state index in [4.69, 9.17) is 27.9 Å². The molecule has 1 heterocycles. The van der Waals surface area contributed by atoms with Gasteiger partial charge in [0.25, 0.3) is 11.8 Å². The summed E-state index contributed by atoms with van der Waals surface area (Å²) in [7, 11) is 1.35. The van der Waals surface area contributed by atoms with Gasteiger partial charge in [-0.25, -0.2) is 4.79 Å². The average Bonchev–Trinajstić information content (AvgIpc) is 3.51. The second kappa shape index (κ2) is 17.3. The van der Waals surface area contributed by atoms with Gasteiger partial charge in [0, 0.05) is 31.1 Å². The van der Waals surface area contributed by atoms with Crippen molar-refractivity contribution in [3.63, 3.8) is 0 Å². The first-order valence-electron chi connectivity index (χ1n) is 16.8. The van der Waals surface area contributed by atoms with Crippen molar-refractivity contribution in [1.82, 2.24) is 5.32 Å². The summed E-state index contributed by atoms with van der Waals surface area (Å²) in [6.07, 6.45) is 4.04. The quantitative estimate of drug-likeness (QED) is 0.0699. The largest absolute Gasteiger partial charge is 0.465 e. The Morgan fingerprint density at radius 3 is 2.36 bits per heavy atom. The maximum Gasteiger partial charge on any atom is 0.341 e. The molecule has 8 nitrogen and oxygen atoms in total. The zero-order valence-corrected chi connectivity index (χ0v) is 31.9. The molecule has 12 heteroatoms. The van der Waals surface area contributed by atoms with Crippen LogP contribution >= 0.6 is 46.3 Å². The third-order valence-electron chi connectivity index (χ3n) is 8.62. The van der Waals surface area contributed by atoms with Gasteiger partial charge in [0.2, 0.25) is 5.91 Å². The van der Waals surface area contributed by atoms with Crippen LogP contribution in [0, 0.1) is 5.92 Å². The topological polar surface area (TPSA) is 114 Å². The van der Waals surface area contributed by atoms with E-state index >= 15 is 0 Å². The fourth-order valence-corrected chi connectivity index (χ4v) is 8.88. The number of thiophene rings is 1. The van der Waals surface area contributed by atoms with Crippen molar-refractivity contribution in [3.8, 4) is 0 Å². The van der Waals surface area contributed by atoms with Crippen molar-refractivity contribution in [2.24, 2.45) is 5.92 Å². The highest BCUT2D eigenvalue weighted by atomic mass is 35.5. The second-order valence-corrected chi connectivity index (χ2v) is 15.6. The van der Waals surface area contributed by atoms with E-state index in [0.717, 1.165) is 35.3 Å². The summed E-state index contributed by atoms with van der Waals surface area (Å²) in [4.78, 5) is 55.8. The first-order valence-corrected chi connectivity index (χ1v) is 19.2. The SMILES string of the molecule is COC(=O)c1c(NC(=O)C(Sc2cccc(NC(=O)/C(=C\c3ccc(Cl)cc3Cl)NC(=O)c3ccccc3)c2)c2ccccc2)sc2c1CCC(C)C2. The molecule has 5 aromatic rings. The maximum absolute atomic E-state index is 14.1. The molecule has 2 atom stereocenters. The van der Waals surface area contributed by atoms with Crippen molar-refractivity contribution in [2.45, 2.75) is 36.3 Å². The Morgan fingerprint density at radius 2 is 1.64 bits per heavy atom. The minimum Gasteiger partial charge on any atom is -0.465 e. The Hall–Kier alpha value is -4.87. The zero-order valence-electron chi connectivity index (χ0n) is 28.8. The highest BCUT2D eigenvalue weighted by Crippen LogP contribution is 2.42. The summed E-state index contributed by atoms with van der Waals surface area (Å²) in [5.41, 5.74) is 3.37. The number of ether oxygens (including phenoxy) is 1. The Labute approximate surface area is 325 Å². The lowest BCUT2D eigenvalue weighted by molar-refractivity contribution is -0.116. The average molecular weight is 785 g/mol. The van der Waals surface area contributed by atoms with E-state index in [1.807, 2.05) is 36.4 Å². The summed E-state index contributed by atoms with van der Waals surface area (Å²) < 4.78 is 5.14. The van der Waals surface area contributed by atoms with Crippen LogP contribution < -0.4 is 16.0 Å². The van der Waals surface area contributed by atoms with E-state index < -0.39 is 23.0 Å². The van der Waals surface area contributed by atoms with E-state index in [2.05, 4.69) is 22.9 Å². The van der Waals surface area contributed by atoms with Crippen LogP contribution in [0.2, 0.25) is 10.0 Å². The lowest BCUT2D eigenvalue weighted by Gasteiger charge is -2.18. The molecule has 6 rings (SSSR count). The molecule has 0 saturated carbocycles. The molecule has 0 spiro atoms. The third kappa shape index (κ3) is 9.39. The van der Waals surface area contributed by atoms with Crippen LogP contribution in [0.15, 0.2) is 114 Å². The van der Waals surface area contributed by atoms with Crippen LogP contribution in [-0.4, -0.2) is 30.8 Å². The zero-order chi connectivity index (χ0) is 37.5. The Kier molecular flexibility index (Phi) is 12.4. The molecule has 53 heavy (non-hydrogen) atoms. The van der Waals surface area contributed by atoms with Gasteiger partial charge in [0.15, 0.2) is 0 Å². The number of hydrogen-bond acceptors (Lipinski definition) is 7. The number of esters is 1. The molecule has 1 aromatic heterocycles. The lowest BCUT2D eigenvalue weighted by atomic mass is 9.88. The normalized spacial score (nSPS) is 14.4. The molecule has 0 saturated heterocycles. The second-order valence-electron chi connectivity index (χ2n) is 12.5. The first-order chi connectivity index (χ1) is 25.6. The predicted molar refractivity (Wildman–Crippen MR) is 214 cm³/mol. The van der Waals surface area contributed by atoms with E-state index in [0.29, 0.717) is 48.2 Å². The van der Waals surface area contributed by atoms with Crippen LogP contribution in [-0.2, 0) is 27.2 Å². The number of methoxy groups -OCH3 is 1. The number of benzene rings is 4. The van der Waals surface area contributed by atoms with Gasteiger partial charge in [-0.15, -0.1) is 23.1 Å². The molecule has 270 valence electrons. The van der Waals surface area contributed by atoms with Gasteiger partial charge in [-0.3, -0.25) is 14.4 Å². The van der Waals surface area contributed by atoms with E-state index in [1.165, 1.54) is 36.3 Å². The molecule has 2 unspecified atom stereocenters. The van der Waals surface area contributed by atoms with Gasteiger partial charge in [-0.2, -0.15) is 0 Å². The van der Waals surface area contributed by atoms with Crippen molar-refractivity contribution in [1.29, 1.82) is 0 Å². The van der Waals surface area contributed by atoms with E-state index in [9.17, 15) is 19.2 Å². The van der Waals surface area contributed by atoms with Gasteiger partial charge in [-0.05, 0) is 90.4 Å². The minimum absolute atomic E-state index is 0.0443. The molecule has 1 aliphatic carbocycles. The third-order valence-corrected chi connectivity index (χ3v) is 11.6. The maximum atomic E-state index is 14.1.